The minimum Gasteiger partial charge on any atom is -0.434 e. The topological polar surface area (TPSA) is 26.3 Å². The van der Waals surface area contributed by atoms with Gasteiger partial charge >= 0.3 is 5.97 Å². The van der Waals surface area contributed by atoms with E-state index in [2.05, 4.69) is 6.92 Å². The van der Waals surface area contributed by atoms with E-state index >= 15 is 0 Å². The van der Waals surface area contributed by atoms with Crippen LogP contribution in [0.1, 0.15) is 89.5 Å². The van der Waals surface area contributed by atoms with Crippen LogP contribution in [0.4, 0.5) is 0 Å². The third-order valence-corrected chi connectivity index (χ3v) is 4.24. The molecule has 0 bridgehead atoms. The van der Waals surface area contributed by atoms with E-state index in [1.165, 1.54) is 64.0 Å². The van der Waals surface area contributed by atoms with Gasteiger partial charge in [0.15, 0.2) is 0 Å². The summed E-state index contributed by atoms with van der Waals surface area (Å²) >= 11 is 0. The summed E-state index contributed by atoms with van der Waals surface area (Å²) in [6.45, 7) is 2.26. The summed E-state index contributed by atoms with van der Waals surface area (Å²) in [6, 6.07) is 9.86. The van der Waals surface area contributed by atoms with Crippen molar-refractivity contribution in [1.29, 1.82) is 0 Å². The van der Waals surface area contributed by atoms with Crippen molar-refractivity contribution >= 4 is 12.0 Å². The van der Waals surface area contributed by atoms with Crippen LogP contribution in [0.3, 0.4) is 0 Å². The van der Waals surface area contributed by atoms with E-state index < -0.39 is 0 Å². The zero-order chi connectivity index (χ0) is 17.3. The Bertz CT molecular complexity index is 437. The van der Waals surface area contributed by atoms with Gasteiger partial charge in [0.1, 0.15) is 0 Å². The molecule has 0 atom stereocenters. The number of carbonyl (C=O) groups excluding carboxylic acids is 1. The first-order chi connectivity index (χ1) is 11.8. The summed E-state index contributed by atoms with van der Waals surface area (Å²) in [5.41, 5.74) is 1.04. The van der Waals surface area contributed by atoms with Gasteiger partial charge in [-0.25, -0.2) is 0 Å². The second-order valence-electron chi connectivity index (χ2n) is 6.49. The molecule has 0 aromatic heterocycles. The molecule has 0 N–H and O–H groups in total. The van der Waals surface area contributed by atoms with Crippen molar-refractivity contribution in [1.82, 2.24) is 0 Å². The normalized spacial score (nSPS) is 11.0. The van der Waals surface area contributed by atoms with Gasteiger partial charge in [-0.2, -0.15) is 0 Å². The van der Waals surface area contributed by atoms with Gasteiger partial charge in [-0.1, -0.05) is 101 Å². The minimum absolute atomic E-state index is 0.127. The lowest BCUT2D eigenvalue weighted by molar-refractivity contribution is -0.138. The van der Waals surface area contributed by atoms with Crippen molar-refractivity contribution in [2.75, 3.05) is 0 Å². The predicted molar refractivity (Wildman–Crippen MR) is 103 cm³/mol. The predicted octanol–water partition coefficient (Wildman–Crippen LogP) is 6.90. The third-order valence-electron chi connectivity index (χ3n) is 4.24. The largest absolute Gasteiger partial charge is 0.434 e. The average Bonchev–Trinajstić information content (AvgIpc) is 2.60. The van der Waals surface area contributed by atoms with Crippen LogP contribution in [-0.2, 0) is 9.53 Å². The van der Waals surface area contributed by atoms with Crippen molar-refractivity contribution in [3.05, 3.63) is 42.2 Å². The molecule has 0 aliphatic carbocycles. The number of esters is 1. The van der Waals surface area contributed by atoms with Gasteiger partial charge in [0.2, 0.25) is 0 Å². The third kappa shape index (κ3) is 11.9. The highest BCUT2D eigenvalue weighted by molar-refractivity contribution is 5.70. The van der Waals surface area contributed by atoms with Gasteiger partial charge in [0.05, 0.1) is 6.26 Å². The lowest BCUT2D eigenvalue weighted by atomic mass is 10.1. The Morgan fingerprint density at radius 1 is 0.833 bits per heavy atom. The fourth-order valence-corrected chi connectivity index (χ4v) is 2.75. The van der Waals surface area contributed by atoms with E-state index in [1.807, 2.05) is 36.4 Å². The van der Waals surface area contributed by atoms with E-state index in [0.717, 1.165) is 18.4 Å². The molecule has 0 spiro atoms. The zero-order valence-corrected chi connectivity index (χ0v) is 15.3. The van der Waals surface area contributed by atoms with Crippen LogP contribution in [0, 0.1) is 0 Å². The van der Waals surface area contributed by atoms with Crippen LogP contribution < -0.4 is 0 Å². The molecule has 0 amide bonds. The molecule has 0 aliphatic heterocycles. The van der Waals surface area contributed by atoms with Crippen LogP contribution in [-0.4, -0.2) is 5.97 Å². The average molecular weight is 331 g/mol. The summed E-state index contributed by atoms with van der Waals surface area (Å²) in [5.74, 6) is -0.127. The van der Waals surface area contributed by atoms with Crippen molar-refractivity contribution < 1.29 is 9.53 Å². The molecule has 1 aromatic carbocycles. The fraction of sp³-hybridized carbons (Fsp3) is 0.591. The summed E-state index contributed by atoms with van der Waals surface area (Å²) in [7, 11) is 0. The number of benzene rings is 1. The van der Waals surface area contributed by atoms with Crippen LogP contribution in [0.5, 0.6) is 0 Å². The van der Waals surface area contributed by atoms with Crippen LogP contribution in [0.15, 0.2) is 36.6 Å². The second kappa shape index (κ2) is 15.0. The maximum absolute atomic E-state index is 11.6. The molecule has 0 fully saturated rings. The van der Waals surface area contributed by atoms with Gasteiger partial charge in [0.25, 0.3) is 0 Å². The Balaban J connectivity index is 1.88. The van der Waals surface area contributed by atoms with Crippen LogP contribution in [0.2, 0.25) is 0 Å². The Kier molecular flexibility index (Phi) is 12.8. The quantitative estimate of drug-likeness (QED) is 0.211. The molecule has 24 heavy (non-hydrogen) atoms. The maximum atomic E-state index is 11.6. The lowest BCUT2D eigenvalue weighted by Crippen LogP contribution is -1.98. The molecular weight excluding hydrogens is 296 g/mol. The highest BCUT2D eigenvalue weighted by atomic mass is 16.5. The molecule has 0 saturated heterocycles. The Morgan fingerprint density at radius 2 is 1.38 bits per heavy atom. The van der Waals surface area contributed by atoms with Crippen molar-refractivity contribution in [2.24, 2.45) is 0 Å². The van der Waals surface area contributed by atoms with Gasteiger partial charge < -0.3 is 4.74 Å². The van der Waals surface area contributed by atoms with Crippen molar-refractivity contribution in [3.63, 3.8) is 0 Å². The summed E-state index contributed by atoms with van der Waals surface area (Å²) in [6.07, 6.45) is 18.1. The molecule has 0 radical (unpaired) electrons. The molecule has 1 rings (SSSR count). The number of unbranched alkanes of at least 4 members (excludes halogenated alkanes) is 10. The molecule has 0 aliphatic rings. The van der Waals surface area contributed by atoms with E-state index in [0.29, 0.717) is 6.42 Å². The fourth-order valence-electron chi connectivity index (χ4n) is 2.75. The summed E-state index contributed by atoms with van der Waals surface area (Å²) in [5, 5.41) is 0. The van der Waals surface area contributed by atoms with Crippen molar-refractivity contribution in [2.45, 2.75) is 84.0 Å². The number of hydrogen-bond donors (Lipinski definition) is 0. The van der Waals surface area contributed by atoms with Crippen LogP contribution in [0.25, 0.3) is 6.08 Å². The summed E-state index contributed by atoms with van der Waals surface area (Å²) < 4.78 is 5.12. The lowest BCUT2D eigenvalue weighted by Gasteiger charge is -2.02. The highest BCUT2D eigenvalue weighted by Gasteiger charge is 2.00. The first kappa shape index (κ1) is 20.5. The zero-order valence-electron chi connectivity index (χ0n) is 15.3. The first-order valence-corrected chi connectivity index (χ1v) is 9.74. The van der Waals surface area contributed by atoms with Gasteiger partial charge in [-0.05, 0) is 18.1 Å². The second-order valence-corrected chi connectivity index (χ2v) is 6.49. The standard InChI is InChI=1S/C22H34O2/c1-2-3-4-5-6-7-8-9-10-11-15-18-22(23)24-20-19-21-16-13-12-14-17-21/h12-14,16-17,19-20H,2-11,15,18H2,1H3/b20-19-. The Hall–Kier alpha value is -1.57. The van der Waals surface area contributed by atoms with Gasteiger partial charge in [0, 0.05) is 6.42 Å². The molecule has 134 valence electrons. The smallest absolute Gasteiger partial charge is 0.310 e. The maximum Gasteiger partial charge on any atom is 0.310 e. The summed E-state index contributed by atoms with van der Waals surface area (Å²) in [4.78, 5) is 11.6. The van der Waals surface area contributed by atoms with Crippen molar-refractivity contribution in [3.8, 4) is 0 Å². The Morgan fingerprint density at radius 3 is 1.96 bits per heavy atom. The van der Waals surface area contributed by atoms with E-state index in [1.54, 1.807) is 0 Å². The van der Waals surface area contributed by atoms with E-state index in [4.69, 9.17) is 4.74 Å². The Labute approximate surface area is 148 Å². The number of ether oxygens (including phenoxy) is 1. The van der Waals surface area contributed by atoms with E-state index in [-0.39, 0.29) is 5.97 Å². The van der Waals surface area contributed by atoms with Crippen LogP contribution >= 0.6 is 0 Å². The van der Waals surface area contributed by atoms with Gasteiger partial charge in [-0.3, -0.25) is 4.79 Å². The molecule has 0 heterocycles. The molecule has 0 saturated carbocycles. The highest BCUT2D eigenvalue weighted by Crippen LogP contribution is 2.12. The SMILES string of the molecule is CCCCCCCCCCCCCC(=O)O/C=C\c1ccccc1. The first-order valence-electron chi connectivity index (χ1n) is 9.74. The molecule has 2 nitrogen and oxygen atoms in total. The van der Waals surface area contributed by atoms with E-state index in [9.17, 15) is 4.79 Å². The number of carbonyl (C=O) groups is 1. The molecule has 0 unspecified atom stereocenters. The minimum atomic E-state index is -0.127. The monoisotopic (exact) mass is 330 g/mol. The molecular formula is C22H34O2. The molecule has 1 aromatic rings. The van der Waals surface area contributed by atoms with Gasteiger partial charge in [-0.15, -0.1) is 0 Å². The molecule has 2 heteroatoms. The number of hydrogen-bond acceptors (Lipinski definition) is 2. The number of rotatable bonds is 14.